The summed E-state index contributed by atoms with van der Waals surface area (Å²) in [6.07, 6.45) is 0. The summed E-state index contributed by atoms with van der Waals surface area (Å²) in [5.41, 5.74) is 3.81. The molecule has 1 aromatic carbocycles. The van der Waals surface area contributed by atoms with E-state index in [1.807, 2.05) is 22.9 Å². The van der Waals surface area contributed by atoms with Crippen molar-refractivity contribution >= 4 is 34.0 Å². The van der Waals surface area contributed by atoms with Crippen LogP contribution in [0.2, 0.25) is 0 Å². The van der Waals surface area contributed by atoms with E-state index in [0.717, 1.165) is 11.2 Å². The van der Waals surface area contributed by atoms with E-state index in [1.165, 1.54) is 17.4 Å². The summed E-state index contributed by atoms with van der Waals surface area (Å²) in [7, 11) is 0. The lowest BCUT2D eigenvalue weighted by atomic mass is 10.3. The van der Waals surface area contributed by atoms with Gasteiger partial charge in [-0.2, -0.15) is 0 Å². The molecule has 0 radical (unpaired) electrons. The molecular weight excluding hydrogens is 285 g/mol. The van der Waals surface area contributed by atoms with Gasteiger partial charge in [-0.15, -0.1) is 22.9 Å². The van der Waals surface area contributed by atoms with E-state index < -0.39 is 0 Å². The Kier molecular flexibility index (Phi) is 3.24. The van der Waals surface area contributed by atoms with E-state index in [2.05, 4.69) is 9.97 Å². The maximum atomic E-state index is 13.8. The van der Waals surface area contributed by atoms with Crippen LogP contribution >= 0.6 is 22.9 Å². The molecule has 0 saturated carbocycles. The summed E-state index contributed by atoms with van der Waals surface area (Å²) >= 11 is 7.68. The molecule has 0 bridgehead atoms. The van der Waals surface area contributed by atoms with Crippen LogP contribution in [0.25, 0.3) is 11.0 Å². The number of rotatable bonds is 3. The highest BCUT2D eigenvalue weighted by Gasteiger charge is 2.17. The molecule has 3 nitrogen and oxygen atoms in total. The zero-order valence-corrected chi connectivity index (χ0v) is 11.7. The van der Waals surface area contributed by atoms with Crippen molar-refractivity contribution in [3.8, 4) is 0 Å². The van der Waals surface area contributed by atoms with Gasteiger partial charge in [0, 0.05) is 5.38 Å². The summed E-state index contributed by atoms with van der Waals surface area (Å²) in [5, 5.41) is 1.68. The van der Waals surface area contributed by atoms with Crippen LogP contribution in [0, 0.1) is 5.82 Å². The molecule has 2 aromatic heterocycles. The largest absolute Gasteiger partial charge is 0.321 e. The molecule has 0 aliphatic heterocycles. The van der Waals surface area contributed by atoms with Gasteiger partial charge in [0.15, 0.2) is 5.82 Å². The molecule has 98 valence electrons. The molecule has 0 N–H and O–H groups in total. The van der Waals surface area contributed by atoms with Crippen LogP contribution in [0.1, 0.15) is 23.8 Å². The molecule has 19 heavy (non-hydrogen) atoms. The van der Waals surface area contributed by atoms with Gasteiger partial charge in [0.05, 0.1) is 28.6 Å². The van der Waals surface area contributed by atoms with E-state index in [4.69, 9.17) is 11.6 Å². The van der Waals surface area contributed by atoms with Crippen LogP contribution < -0.4 is 0 Å². The molecular formula is C13H11ClFN3S. The third kappa shape index (κ3) is 2.24. The molecule has 0 aliphatic rings. The number of hydrogen-bond acceptors (Lipinski definition) is 3. The second-order valence-electron chi connectivity index (χ2n) is 4.26. The lowest BCUT2D eigenvalue weighted by Gasteiger charge is -2.08. The lowest BCUT2D eigenvalue weighted by molar-refractivity contribution is 0.637. The predicted octanol–water partition coefficient (Wildman–Crippen LogP) is 3.98. The Bertz CT molecular complexity index is 706. The molecule has 0 aliphatic carbocycles. The van der Waals surface area contributed by atoms with Gasteiger partial charge < -0.3 is 4.57 Å². The first-order valence-corrected chi connectivity index (χ1v) is 7.20. The average Bonchev–Trinajstić information content (AvgIpc) is 2.99. The SMILES string of the molecule is CC(Cl)c1nc2c(F)cccc2n1Cc1cscn1. The fraction of sp³-hybridized carbons (Fsp3) is 0.231. The molecule has 0 amide bonds. The Morgan fingerprint density at radius 3 is 3.00 bits per heavy atom. The van der Waals surface area contributed by atoms with Crippen LogP contribution in [0.5, 0.6) is 0 Å². The highest BCUT2D eigenvalue weighted by molar-refractivity contribution is 7.07. The Morgan fingerprint density at radius 2 is 2.32 bits per heavy atom. The summed E-state index contributed by atoms with van der Waals surface area (Å²) in [6.45, 7) is 2.38. The van der Waals surface area contributed by atoms with Crippen molar-refractivity contribution in [2.45, 2.75) is 18.8 Å². The Balaban J connectivity index is 2.19. The number of benzene rings is 1. The second-order valence-corrected chi connectivity index (χ2v) is 5.63. The third-order valence-corrected chi connectivity index (χ3v) is 3.75. The maximum Gasteiger partial charge on any atom is 0.151 e. The van der Waals surface area contributed by atoms with Crippen LogP contribution in [0.3, 0.4) is 0 Å². The van der Waals surface area contributed by atoms with Crippen molar-refractivity contribution in [1.82, 2.24) is 14.5 Å². The van der Waals surface area contributed by atoms with Gasteiger partial charge in [0.2, 0.25) is 0 Å². The standard InChI is InChI=1S/C13H11ClFN3S/c1-8(14)13-17-12-10(15)3-2-4-11(12)18(13)5-9-6-19-7-16-9/h2-4,6-8H,5H2,1H3. The number of hydrogen-bond donors (Lipinski definition) is 0. The maximum absolute atomic E-state index is 13.8. The molecule has 6 heteroatoms. The normalized spacial score (nSPS) is 13.0. The number of para-hydroxylation sites is 1. The molecule has 2 heterocycles. The first-order chi connectivity index (χ1) is 9.16. The average molecular weight is 296 g/mol. The topological polar surface area (TPSA) is 30.7 Å². The van der Waals surface area contributed by atoms with Crippen molar-refractivity contribution in [1.29, 1.82) is 0 Å². The summed E-state index contributed by atoms with van der Waals surface area (Å²) in [6, 6.07) is 4.94. The summed E-state index contributed by atoms with van der Waals surface area (Å²) in [4.78, 5) is 8.58. The Hall–Kier alpha value is -1.46. The Labute approximate surface area is 118 Å². The van der Waals surface area contributed by atoms with Gasteiger partial charge >= 0.3 is 0 Å². The molecule has 0 spiro atoms. The number of thiazole rings is 1. The number of halogens is 2. The van der Waals surface area contributed by atoms with Gasteiger partial charge in [-0.3, -0.25) is 0 Å². The first-order valence-electron chi connectivity index (χ1n) is 5.82. The van der Waals surface area contributed by atoms with Crippen molar-refractivity contribution in [2.24, 2.45) is 0 Å². The van der Waals surface area contributed by atoms with E-state index >= 15 is 0 Å². The monoisotopic (exact) mass is 295 g/mol. The van der Waals surface area contributed by atoms with Crippen molar-refractivity contribution in [3.05, 3.63) is 46.4 Å². The predicted molar refractivity (Wildman–Crippen MR) is 75.2 cm³/mol. The number of alkyl halides is 1. The molecule has 3 aromatic rings. The van der Waals surface area contributed by atoms with Crippen molar-refractivity contribution in [2.75, 3.05) is 0 Å². The van der Waals surface area contributed by atoms with E-state index in [0.29, 0.717) is 17.9 Å². The van der Waals surface area contributed by atoms with Crippen LogP contribution in [-0.2, 0) is 6.54 Å². The number of aromatic nitrogens is 3. The minimum Gasteiger partial charge on any atom is -0.321 e. The molecule has 0 saturated heterocycles. The van der Waals surface area contributed by atoms with Crippen molar-refractivity contribution < 1.29 is 4.39 Å². The first kappa shape index (κ1) is 12.6. The highest BCUT2D eigenvalue weighted by atomic mass is 35.5. The summed E-state index contributed by atoms with van der Waals surface area (Å²) in [5.74, 6) is 0.336. The van der Waals surface area contributed by atoms with E-state index in [-0.39, 0.29) is 11.2 Å². The van der Waals surface area contributed by atoms with Crippen LogP contribution in [0.4, 0.5) is 4.39 Å². The second kappa shape index (κ2) is 4.90. The zero-order chi connectivity index (χ0) is 13.4. The highest BCUT2D eigenvalue weighted by Crippen LogP contribution is 2.26. The van der Waals surface area contributed by atoms with Crippen LogP contribution in [-0.4, -0.2) is 14.5 Å². The molecule has 1 atom stereocenters. The quantitative estimate of drug-likeness (QED) is 0.684. The smallest absolute Gasteiger partial charge is 0.151 e. The van der Waals surface area contributed by atoms with Gasteiger partial charge in [-0.1, -0.05) is 6.07 Å². The molecule has 0 fully saturated rings. The number of nitrogens with zero attached hydrogens (tertiary/aromatic N) is 3. The van der Waals surface area contributed by atoms with E-state index in [1.54, 1.807) is 11.6 Å². The summed E-state index contributed by atoms with van der Waals surface area (Å²) < 4.78 is 15.7. The van der Waals surface area contributed by atoms with Crippen molar-refractivity contribution in [3.63, 3.8) is 0 Å². The van der Waals surface area contributed by atoms with Gasteiger partial charge in [-0.25, -0.2) is 14.4 Å². The van der Waals surface area contributed by atoms with Gasteiger partial charge in [0.25, 0.3) is 0 Å². The zero-order valence-electron chi connectivity index (χ0n) is 10.2. The third-order valence-electron chi connectivity index (χ3n) is 2.92. The fourth-order valence-electron chi connectivity index (χ4n) is 2.08. The fourth-order valence-corrected chi connectivity index (χ4v) is 2.79. The lowest BCUT2D eigenvalue weighted by Crippen LogP contribution is -2.05. The Morgan fingerprint density at radius 1 is 1.47 bits per heavy atom. The number of fused-ring (bicyclic) bond motifs is 1. The van der Waals surface area contributed by atoms with Gasteiger partial charge in [0.1, 0.15) is 11.3 Å². The molecule has 3 rings (SSSR count). The van der Waals surface area contributed by atoms with Gasteiger partial charge in [-0.05, 0) is 19.1 Å². The molecule has 1 unspecified atom stereocenters. The number of imidazole rings is 1. The van der Waals surface area contributed by atoms with Crippen LogP contribution in [0.15, 0.2) is 29.1 Å². The van der Waals surface area contributed by atoms with E-state index in [9.17, 15) is 4.39 Å². The minimum absolute atomic E-state index is 0.287. The minimum atomic E-state index is -0.326.